The zero-order valence-electron chi connectivity index (χ0n) is 17.7. The van der Waals surface area contributed by atoms with Gasteiger partial charge in [-0.1, -0.05) is 47.6 Å². The molecule has 0 spiro atoms. The quantitative estimate of drug-likeness (QED) is 0.698. The van der Waals surface area contributed by atoms with Crippen LogP contribution in [-0.4, -0.2) is 25.5 Å². The number of phenols is 1. The molecular weight excluding hydrogens is 338 g/mol. The van der Waals surface area contributed by atoms with Gasteiger partial charge in [-0.3, -0.25) is 4.99 Å². The summed E-state index contributed by atoms with van der Waals surface area (Å²) in [5.41, 5.74) is 3.19. The molecule has 0 aliphatic heterocycles. The van der Waals surface area contributed by atoms with Crippen LogP contribution in [0.15, 0.2) is 35.3 Å². The van der Waals surface area contributed by atoms with E-state index in [9.17, 15) is 5.11 Å². The van der Waals surface area contributed by atoms with E-state index in [2.05, 4.69) is 52.6 Å². The third-order valence-electron chi connectivity index (χ3n) is 4.54. The Morgan fingerprint density at radius 3 is 2.07 bits per heavy atom. The van der Waals surface area contributed by atoms with Crippen LogP contribution in [0.3, 0.4) is 0 Å². The van der Waals surface area contributed by atoms with Gasteiger partial charge in [-0.15, -0.1) is 0 Å². The first-order chi connectivity index (χ1) is 12.5. The lowest BCUT2D eigenvalue weighted by Gasteiger charge is -2.27. The third-order valence-corrected chi connectivity index (χ3v) is 4.54. The van der Waals surface area contributed by atoms with Gasteiger partial charge >= 0.3 is 0 Å². The molecule has 2 aromatic carbocycles. The number of nitrogens with zero attached hydrogens (tertiary/aromatic N) is 1. The molecule has 2 aromatic rings. The Labute approximate surface area is 162 Å². The zero-order valence-corrected chi connectivity index (χ0v) is 17.7. The van der Waals surface area contributed by atoms with Crippen LogP contribution in [0, 0.1) is 0 Å². The number of benzene rings is 2. The van der Waals surface area contributed by atoms with Gasteiger partial charge in [0.2, 0.25) is 0 Å². The molecule has 0 atom stereocenters. The monoisotopic (exact) mass is 369 g/mol. The van der Waals surface area contributed by atoms with Crippen molar-refractivity contribution in [2.24, 2.45) is 4.99 Å². The van der Waals surface area contributed by atoms with Crippen LogP contribution in [-0.2, 0) is 10.8 Å². The summed E-state index contributed by atoms with van der Waals surface area (Å²) < 4.78 is 10.7. The maximum Gasteiger partial charge on any atom is 0.144 e. The van der Waals surface area contributed by atoms with E-state index in [1.165, 1.54) is 0 Å². The average molecular weight is 370 g/mol. The first-order valence-corrected chi connectivity index (χ1v) is 9.11. The lowest BCUT2D eigenvalue weighted by molar-refractivity contribution is 0.404. The molecule has 0 heterocycles. The van der Waals surface area contributed by atoms with Gasteiger partial charge in [-0.2, -0.15) is 0 Å². The fourth-order valence-electron chi connectivity index (χ4n) is 2.80. The fraction of sp³-hybridized carbons (Fsp3) is 0.435. The summed E-state index contributed by atoms with van der Waals surface area (Å²) in [6.45, 7) is 12.8. The molecular formula is C23H31NO3. The Bertz CT molecular complexity index is 840. The van der Waals surface area contributed by atoms with Gasteiger partial charge in [-0.25, -0.2) is 0 Å². The Balaban J connectivity index is 2.60. The Morgan fingerprint density at radius 2 is 1.56 bits per heavy atom. The lowest BCUT2D eigenvalue weighted by atomic mass is 9.79. The van der Waals surface area contributed by atoms with E-state index in [-0.39, 0.29) is 16.6 Å². The number of ether oxygens (including phenoxy) is 2. The molecule has 0 saturated carbocycles. The van der Waals surface area contributed by atoms with Crippen LogP contribution in [0.25, 0.3) is 0 Å². The van der Waals surface area contributed by atoms with Crippen molar-refractivity contribution >= 4 is 11.9 Å². The summed E-state index contributed by atoms with van der Waals surface area (Å²) in [6.07, 6.45) is 1.69. The standard InChI is InChI=1S/C23H31NO3/c1-22(2,3)16-11-15(21(25)18(12-16)23(4,5)6)14-24-19-13-17(26-7)9-10-20(19)27-8/h9-14,25H,1-8H3. The number of hydrogen-bond donors (Lipinski definition) is 1. The molecule has 4 heteroatoms. The average Bonchev–Trinajstić information content (AvgIpc) is 2.58. The SMILES string of the molecule is COc1ccc(OC)c(N=Cc2cc(C(C)(C)C)cc(C(C)(C)C)c2O)c1. The molecule has 146 valence electrons. The van der Waals surface area contributed by atoms with Gasteiger partial charge in [-0.05, 0) is 34.6 Å². The van der Waals surface area contributed by atoms with E-state index in [1.54, 1.807) is 20.4 Å². The molecule has 4 nitrogen and oxygen atoms in total. The van der Waals surface area contributed by atoms with Gasteiger partial charge < -0.3 is 14.6 Å². The predicted octanol–water partition coefficient (Wildman–Crippen LogP) is 5.76. The molecule has 0 radical (unpaired) electrons. The number of phenolic OH excluding ortho intramolecular Hbond substituents is 1. The Morgan fingerprint density at radius 1 is 0.889 bits per heavy atom. The molecule has 2 rings (SSSR count). The predicted molar refractivity (Wildman–Crippen MR) is 112 cm³/mol. The van der Waals surface area contributed by atoms with E-state index in [0.717, 1.165) is 11.1 Å². The van der Waals surface area contributed by atoms with E-state index >= 15 is 0 Å². The molecule has 0 aliphatic rings. The third kappa shape index (κ3) is 4.82. The molecule has 1 N–H and O–H groups in total. The van der Waals surface area contributed by atoms with Crippen LogP contribution < -0.4 is 9.47 Å². The molecule has 0 saturated heterocycles. The fourth-order valence-corrected chi connectivity index (χ4v) is 2.80. The topological polar surface area (TPSA) is 51.0 Å². The van der Waals surface area contributed by atoms with Crippen molar-refractivity contribution in [3.8, 4) is 17.2 Å². The van der Waals surface area contributed by atoms with Crippen molar-refractivity contribution in [3.05, 3.63) is 47.0 Å². The highest BCUT2D eigenvalue weighted by Crippen LogP contribution is 2.38. The molecule has 0 amide bonds. The minimum atomic E-state index is -0.179. The molecule has 0 bridgehead atoms. The number of aliphatic imine (C=N–C) groups is 1. The molecule has 0 unspecified atom stereocenters. The van der Waals surface area contributed by atoms with E-state index in [0.29, 0.717) is 22.7 Å². The second-order valence-corrected chi connectivity index (χ2v) is 8.76. The summed E-state index contributed by atoms with van der Waals surface area (Å²) in [4.78, 5) is 4.57. The van der Waals surface area contributed by atoms with Gasteiger partial charge in [0, 0.05) is 23.4 Å². The van der Waals surface area contributed by atoms with Gasteiger partial charge in [0.25, 0.3) is 0 Å². The van der Waals surface area contributed by atoms with Crippen molar-refractivity contribution in [1.29, 1.82) is 0 Å². The molecule has 27 heavy (non-hydrogen) atoms. The minimum absolute atomic E-state index is 0.0378. The second kappa shape index (κ2) is 7.63. The van der Waals surface area contributed by atoms with Gasteiger partial charge in [0.1, 0.15) is 22.9 Å². The van der Waals surface area contributed by atoms with E-state index < -0.39 is 0 Å². The van der Waals surface area contributed by atoms with Crippen molar-refractivity contribution in [2.75, 3.05) is 14.2 Å². The Hall–Kier alpha value is -2.49. The summed E-state index contributed by atoms with van der Waals surface area (Å²) in [5.74, 6) is 1.61. The largest absolute Gasteiger partial charge is 0.507 e. The summed E-state index contributed by atoms with van der Waals surface area (Å²) in [7, 11) is 3.22. The molecule has 0 aromatic heterocycles. The van der Waals surface area contributed by atoms with Crippen LogP contribution in [0.2, 0.25) is 0 Å². The second-order valence-electron chi connectivity index (χ2n) is 8.76. The lowest BCUT2D eigenvalue weighted by Crippen LogP contribution is -2.17. The summed E-state index contributed by atoms with van der Waals surface area (Å²) in [6, 6.07) is 9.55. The van der Waals surface area contributed by atoms with Gasteiger partial charge in [0.15, 0.2) is 0 Å². The van der Waals surface area contributed by atoms with Crippen molar-refractivity contribution in [3.63, 3.8) is 0 Å². The normalized spacial score (nSPS) is 12.4. The first kappa shape index (κ1) is 20.8. The molecule has 0 fully saturated rings. The van der Waals surface area contributed by atoms with Crippen molar-refractivity contribution in [2.45, 2.75) is 52.4 Å². The first-order valence-electron chi connectivity index (χ1n) is 9.11. The van der Waals surface area contributed by atoms with E-state index in [4.69, 9.17) is 9.47 Å². The number of methoxy groups -OCH3 is 2. The molecule has 0 aliphatic carbocycles. The number of rotatable bonds is 4. The van der Waals surface area contributed by atoms with Crippen LogP contribution in [0.4, 0.5) is 5.69 Å². The van der Waals surface area contributed by atoms with E-state index in [1.807, 2.05) is 24.3 Å². The Kier molecular flexibility index (Phi) is 5.88. The zero-order chi connectivity index (χ0) is 20.4. The van der Waals surface area contributed by atoms with Gasteiger partial charge in [0.05, 0.1) is 14.2 Å². The maximum atomic E-state index is 10.9. The maximum absolute atomic E-state index is 10.9. The van der Waals surface area contributed by atoms with Crippen molar-refractivity contribution in [1.82, 2.24) is 0 Å². The van der Waals surface area contributed by atoms with Crippen LogP contribution in [0.5, 0.6) is 17.2 Å². The highest BCUT2D eigenvalue weighted by molar-refractivity contribution is 5.87. The van der Waals surface area contributed by atoms with Crippen LogP contribution >= 0.6 is 0 Å². The number of hydrogen-bond acceptors (Lipinski definition) is 4. The summed E-state index contributed by atoms with van der Waals surface area (Å²) >= 11 is 0. The number of aromatic hydroxyl groups is 1. The smallest absolute Gasteiger partial charge is 0.144 e. The highest BCUT2D eigenvalue weighted by atomic mass is 16.5. The highest BCUT2D eigenvalue weighted by Gasteiger charge is 2.24. The summed E-state index contributed by atoms with van der Waals surface area (Å²) in [5, 5.41) is 10.9. The van der Waals surface area contributed by atoms with Crippen molar-refractivity contribution < 1.29 is 14.6 Å². The van der Waals surface area contributed by atoms with Crippen LogP contribution in [0.1, 0.15) is 58.2 Å². The minimum Gasteiger partial charge on any atom is -0.507 e.